The second-order valence-electron chi connectivity index (χ2n) is 7.08. The van der Waals surface area contributed by atoms with Gasteiger partial charge in [-0.3, -0.25) is 4.79 Å². The van der Waals surface area contributed by atoms with Crippen molar-refractivity contribution in [1.82, 2.24) is 9.62 Å². The molecule has 2 aliphatic carbocycles. The third-order valence-corrected chi connectivity index (χ3v) is 6.24. The van der Waals surface area contributed by atoms with Gasteiger partial charge in [0.05, 0.1) is 6.26 Å². The summed E-state index contributed by atoms with van der Waals surface area (Å²) in [5, 5.41) is 0. The molecule has 3 rings (SSSR count). The van der Waals surface area contributed by atoms with Gasteiger partial charge in [-0.1, -0.05) is 6.42 Å². The van der Waals surface area contributed by atoms with Crippen molar-refractivity contribution >= 4 is 15.9 Å². The lowest BCUT2D eigenvalue weighted by Crippen LogP contribution is -2.51. The molecule has 21 heavy (non-hydrogen) atoms. The van der Waals surface area contributed by atoms with Crippen LogP contribution in [-0.2, 0) is 14.8 Å². The van der Waals surface area contributed by atoms with Gasteiger partial charge in [0.2, 0.25) is 15.9 Å². The Morgan fingerprint density at radius 1 is 1.19 bits per heavy atom. The maximum absolute atomic E-state index is 12.9. The van der Waals surface area contributed by atoms with E-state index in [0.717, 1.165) is 38.1 Å². The van der Waals surface area contributed by atoms with E-state index >= 15 is 0 Å². The normalized spacial score (nSPS) is 36.1. The molecule has 4 atom stereocenters. The number of carbonyl (C=O) groups is 1. The molecule has 2 bridgehead atoms. The Hall–Kier alpha value is -0.620. The predicted molar refractivity (Wildman–Crippen MR) is 81.1 cm³/mol. The summed E-state index contributed by atoms with van der Waals surface area (Å²) in [6.45, 7) is 1.16. The molecule has 0 radical (unpaired) electrons. The van der Waals surface area contributed by atoms with Crippen LogP contribution in [0.3, 0.4) is 0 Å². The smallest absolute Gasteiger partial charge is 0.226 e. The van der Waals surface area contributed by atoms with Crippen LogP contribution in [0.25, 0.3) is 0 Å². The van der Waals surface area contributed by atoms with Crippen LogP contribution in [0, 0.1) is 17.8 Å². The summed E-state index contributed by atoms with van der Waals surface area (Å²) < 4.78 is 25.2. The Morgan fingerprint density at radius 3 is 2.62 bits per heavy atom. The predicted octanol–water partition coefficient (Wildman–Crippen LogP) is 1.35. The molecule has 120 valence electrons. The summed E-state index contributed by atoms with van der Waals surface area (Å²) in [7, 11) is -3.19. The lowest BCUT2D eigenvalue weighted by Gasteiger charge is -2.38. The Bertz CT molecular complexity index is 505. The van der Waals surface area contributed by atoms with Crippen molar-refractivity contribution in [3.05, 3.63) is 0 Å². The molecule has 5 nitrogen and oxygen atoms in total. The molecular formula is C15H26N2O3S. The number of sulfonamides is 1. The number of nitrogens with one attached hydrogen (secondary N) is 1. The summed E-state index contributed by atoms with van der Waals surface area (Å²) in [4.78, 5) is 14.9. The molecule has 1 heterocycles. The Balaban J connectivity index is 1.64. The Labute approximate surface area is 127 Å². The molecule has 0 aromatic heterocycles. The number of carbonyl (C=O) groups excluding carboxylic acids is 1. The van der Waals surface area contributed by atoms with E-state index in [1.165, 1.54) is 25.5 Å². The van der Waals surface area contributed by atoms with E-state index in [1.54, 1.807) is 0 Å². The summed E-state index contributed by atoms with van der Waals surface area (Å²) in [5.74, 6) is 1.86. The molecule has 1 amide bonds. The van der Waals surface area contributed by atoms with Gasteiger partial charge in [0, 0.05) is 25.0 Å². The number of hydrogen-bond donors (Lipinski definition) is 1. The summed E-state index contributed by atoms with van der Waals surface area (Å²) in [6.07, 6.45) is 9.02. The monoisotopic (exact) mass is 314 g/mol. The minimum Gasteiger partial charge on any atom is -0.338 e. The molecule has 6 heteroatoms. The maximum atomic E-state index is 12.9. The first kappa shape index (κ1) is 15.3. The SMILES string of the molecule is CS(=O)(=O)NC[C@@H]1CCCCN1C(=O)[C@@H]1C[C@H]2CC[C@H]1C2. The number of nitrogens with zero attached hydrogens (tertiary/aromatic N) is 1. The van der Waals surface area contributed by atoms with Crippen molar-refractivity contribution in [1.29, 1.82) is 0 Å². The van der Waals surface area contributed by atoms with Gasteiger partial charge >= 0.3 is 0 Å². The minimum atomic E-state index is -3.19. The number of hydrogen-bond acceptors (Lipinski definition) is 3. The molecule has 1 saturated heterocycles. The fourth-order valence-corrected chi connectivity index (χ4v) is 5.01. The standard InChI is InChI=1S/C15H26N2O3S/c1-21(19,20)16-10-13-4-2-3-7-17(13)15(18)14-9-11-5-6-12(14)8-11/h11-14,16H,2-10H2,1H3/t11-,12-,13-,14+/m0/s1. The Kier molecular flexibility index (Phi) is 4.28. The van der Waals surface area contributed by atoms with Crippen molar-refractivity contribution < 1.29 is 13.2 Å². The van der Waals surface area contributed by atoms with Crippen molar-refractivity contribution in [3.63, 3.8) is 0 Å². The summed E-state index contributed by atoms with van der Waals surface area (Å²) in [6, 6.07) is 0.0418. The summed E-state index contributed by atoms with van der Waals surface area (Å²) >= 11 is 0. The number of piperidine rings is 1. The van der Waals surface area contributed by atoms with Crippen molar-refractivity contribution in [3.8, 4) is 0 Å². The third-order valence-electron chi connectivity index (χ3n) is 5.55. The first-order valence-corrected chi connectivity index (χ1v) is 10.1. The largest absolute Gasteiger partial charge is 0.338 e. The molecule has 3 aliphatic rings. The number of amides is 1. The molecule has 1 N–H and O–H groups in total. The molecule has 0 unspecified atom stereocenters. The van der Waals surface area contributed by atoms with Gasteiger partial charge in [0.25, 0.3) is 0 Å². The molecule has 2 saturated carbocycles. The zero-order valence-corrected chi connectivity index (χ0v) is 13.6. The zero-order chi connectivity index (χ0) is 15.0. The van der Waals surface area contributed by atoms with Crippen LogP contribution in [0.15, 0.2) is 0 Å². The van der Waals surface area contributed by atoms with Crippen LogP contribution >= 0.6 is 0 Å². The quantitative estimate of drug-likeness (QED) is 0.852. The van der Waals surface area contributed by atoms with E-state index in [0.29, 0.717) is 18.4 Å². The van der Waals surface area contributed by atoms with Crippen molar-refractivity contribution in [2.45, 2.75) is 51.0 Å². The lowest BCUT2D eigenvalue weighted by molar-refractivity contribution is -0.140. The van der Waals surface area contributed by atoms with Gasteiger partial charge in [-0.15, -0.1) is 0 Å². The average molecular weight is 314 g/mol. The van der Waals surface area contributed by atoms with E-state index in [1.807, 2.05) is 4.90 Å². The van der Waals surface area contributed by atoms with Gasteiger partial charge < -0.3 is 4.90 Å². The third kappa shape index (κ3) is 3.42. The van der Waals surface area contributed by atoms with Crippen LogP contribution < -0.4 is 4.72 Å². The first-order chi connectivity index (χ1) is 9.94. The summed E-state index contributed by atoms with van der Waals surface area (Å²) in [5.41, 5.74) is 0. The Morgan fingerprint density at radius 2 is 2.00 bits per heavy atom. The molecular weight excluding hydrogens is 288 g/mol. The van der Waals surface area contributed by atoms with Gasteiger partial charge in [-0.25, -0.2) is 13.1 Å². The van der Waals surface area contributed by atoms with Crippen LogP contribution in [0.4, 0.5) is 0 Å². The second kappa shape index (κ2) is 5.88. The highest BCUT2D eigenvalue weighted by Gasteiger charge is 2.45. The highest BCUT2D eigenvalue weighted by Crippen LogP contribution is 2.49. The highest BCUT2D eigenvalue weighted by atomic mass is 32.2. The molecule has 3 fully saturated rings. The molecule has 1 aliphatic heterocycles. The van der Waals surface area contributed by atoms with Crippen LogP contribution in [0.1, 0.15) is 44.9 Å². The van der Waals surface area contributed by atoms with Crippen LogP contribution in [0.2, 0.25) is 0 Å². The minimum absolute atomic E-state index is 0.0418. The van der Waals surface area contributed by atoms with Crippen LogP contribution in [0.5, 0.6) is 0 Å². The van der Waals surface area contributed by atoms with E-state index in [2.05, 4.69) is 4.72 Å². The van der Waals surface area contributed by atoms with Gasteiger partial charge in [-0.2, -0.15) is 0 Å². The number of likely N-dealkylation sites (tertiary alicyclic amines) is 1. The zero-order valence-electron chi connectivity index (χ0n) is 12.8. The van der Waals surface area contributed by atoms with Crippen LogP contribution in [-0.4, -0.2) is 44.6 Å². The van der Waals surface area contributed by atoms with Gasteiger partial charge in [0.1, 0.15) is 0 Å². The first-order valence-electron chi connectivity index (χ1n) is 8.19. The van der Waals surface area contributed by atoms with Gasteiger partial charge in [-0.05, 0) is 50.4 Å². The lowest BCUT2D eigenvalue weighted by atomic mass is 9.86. The number of fused-ring (bicyclic) bond motifs is 2. The van der Waals surface area contributed by atoms with E-state index in [4.69, 9.17) is 0 Å². The van der Waals surface area contributed by atoms with Gasteiger partial charge in [0.15, 0.2) is 0 Å². The molecule has 0 spiro atoms. The molecule has 0 aromatic rings. The fraction of sp³-hybridized carbons (Fsp3) is 0.933. The van der Waals surface area contributed by atoms with E-state index in [9.17, 15) is 13.2 Å². The van der Waals surface area contributed by atoms with Crippen molar-refractivity contribution in [2.75, 3.05) is 19.3 Å². The van der Waals surface area contributed by atoms with E-state index < -0.39 is 10.0 Å². The highest BCUT2D eigenvalue weighted by molar-refractivity contribution is 7.88. The fourth-order valence-electron chi connectivity index (χ4n) is 4.51. The maximum Gasteiger partial charge on any atom is 0.226 e. The second-order valence-corrected chi connectivity index (χ2v) is 8.92. The van der Waals surface area contributed by atoms with E-state index in [-0.39, 0.29) is 12.0 Å². The topological polar surface area (TPSA) is 66.5 Å². The van der Waals surface area contributed by atoms with Crippen molar-refractivity contribution in [2.24, 2.45) is 17.8 Å². The average Bonchev–Trinajstić information content (AvgIpc) is 3.06. The number of rotatable bonds is 4. The molecule has 0 aromatic carbocycles.